The van der Waals surface area contributed by atoms with Crippen LogP contribution >= 0.6 is 0 Å². The molecule has 0 bridgehead atoms. The second-order valence-corrected chi connectivity index (χ2v) is 4.36. The van der Waals surface area contributed by atoms with Crippen LogP contribution in [0.1, 0.15) is 6.92 Å². The molecule has 1 fully saturated rings. The first-order valence-electron chi connectivity index (χ1n) is 5.70. The molecule has 0 radical (unpaired) electrons. The quantitative estimate of drug-likeness (QED) is 0.375. The van der Waals surface area contributed by atoms with E-state index >= 15 is 0 Å². The maximum Gasteiger partial charge on any atom is 0.323 e. The van der Waals surface area contributed by atoms with E-state index in [1.54, 1.807) is 0 Å². The van der Waals surface area contributed by atoms with Crippen molar-refractivity contribution >= 4 is 5.97 Å². The van der Waals surface area contributed by atoms with Gasteiger partial charge >= 0.3 is 5.97 Å². The number of hydrogen-bond donors (Lipinski definition) is 5. The van der Waals surface area contributed by atoms with Gasteiger partial charge in [0.1, 0.15) is 24.4 Å². The fourth-order valence-electron chi connectivity index (χ4n) is 1.65. The Morgan fingerprint density at radius 3 is 2.53 bits per heavy atom. The van der Waals surface area contributed by atoms with Crippen molar-refractivity contribution in [3.63, 3.8) is 0 Å². The van der Waals surface area contributed by atoms with E-state index in [4.69, 9.17) is 25.4 Å². The number of nitrogens with two attached hydrogens (primary N) is 1. The van der Waals surface area contributed by atoms with Gasteiger partial charge in [-0.2, -0.15) is 0 Å². The average molecular weight is 282 g/mol. The first-order chi connectivity index (χ1) is 8.79. The second-order valence-electron chi connectivity index (χ2n) is 4.36. The van der Waals surface area contributed by atoms with Crippen LogP contribution in [0.15, 0.2) is 0 Å². The number of halogens is 1. The van der Waals surface area contributed by atoms with E-state index in [-0.39, 0.29) is 0 Å². The zero-order valence-electron chi connectivity index (χ0n) is 10.2. The Balaban J connectivity index is 2.69. The molecule has 0 spiro atoms. The summed E-state index contributed by atoms with van der Waals surface area (Å²) in [5.74, 6) is -1.34. The first kappa shape index (κ1) is 16.2. The molecule has 1 saturated heterocycles. The second kappa shape index (κ2) is 6.55. The Labute approximate surface area is 108 Å². The molecule has 19 heavy (non-hydrogen) atoms. The van der Waals surface area contributed by atoms with Crippen molar-refractivity contribution in [3.8, 4) is 0 Å². The van der Waals surface area contributed by atoms with E-state index in [2.05, 4.69) is 0 Å². The van der Waals surface area contributed by atoms with Gasteiger partial charge in [-0.05, 0) is 6.92 Å². The summed E-state index contributed by atoms with van der Waals surface area (Å²) in [5, 5.41) is 36.4. The molecule has 0 aromatic heterocycles. The number of carboxylic acid groups (broad SMARTS) is 1. The summed E-state index contributed by atoms with van der Waals surface area (Å²) in [6, 6.07) is -1.40. The maximum atomic E-state index is 13.7. The van der Waals surface area contributed by atoms with Gasteiger partial charge in [-0.3, -0.25) is 4.79 Å². The van der Waals surface area contributed by atoms with Crippen molar-refractivity contribution in [2.45, 2.75) is 49.8 Å². The summed E-state index contributed by atoms with van der Waals surface area (Å²) in [6.45, 7) is 0.657. The minimum Gasteiger partial charge on any atom is -0.480 e. The zero-order valence-corrected chi connectivity index (χ0v) is 10.2. The summed E-state index contributed by atoms with van der Waals surface area (Å²) in [6.07, 6.45) is -9.40. The molecule has 1 heterocycles. The van der Waals surface area contributed by atoms with Gasteiger partial charge in [0, 0.05) is 0 Å². The Hall–Kier alpha value is -0.840. The number of aliphatic carboxylic acids is 1. The number of hydrogen-bond acceptors (Lipinski definition) is 7. The van der Waals surface area contributed by atoms with Crippen LogP contribution in [0.4, 0.5) is 4.39 Å². The summed E-state index contributed by atoms with van der Waals surface area (Å²) in [5.41, 5.74) is 5.29. The lowest BCUT2D eigenvalue weighted by molar-refractivity contribution is -0.297. The van der Waals surface area contributed by atoms with Gasteiger partial charge in [-0.15, -0.1) is 0 Å². The number of alkyl halides is 1. The molecular weight excluding hydrogens is 264 g/mol. The van der Waals surface area contributed by atoms with E-state index in [1.807, 2.05) is 0 Å². The third-order valence-electron chi connectivity index (χ3n) is 2.95. The van der Waals surface area contributed by atoms with Gasteiger partial charge in [0.05, 0.1) is 12.7 Å². The van der Waals surface area contributed by atoms with Crippen molar-refractivity contribution in [3.05, 3.63) is 0 Å². The molecule has 7 atom stereocenters. The SMILES string of the molecule is C[C@@H](OC1OC(CO)C(O)C(O)C1[18F])[C@H](N)C(=O)O. The fourth-order valence-corrected chi connectivity index (χ4v) is 1.65. The van der Waals surface area contributed by atoms with Gasteiger partial charge in [0.25, 0.3) is 0 Å². The number of rotatable bonds is 5. The molecule has 1 aliphatic rings. The van der Waals surface area contributed by atoms with E-state index in [0.717, 1.165) is 0 Å². The number of aliphatic hydroxyl groups excluding tert-OH is 3. The summed E-state index contributed by atoms with van der Waals surface area (Å²) < 4.78 is 23.6. The van der Waals surface area contributed by atoms with E-state index in [0.29, 0.717) is 0 Å². The highest BCUT2D eigenvalue weighted by Gasteiger charge is 2.46. The molecule has 0 amide bonds. The monoisotopic (exact) mass is 282 g/mol. The molecule has 0 aromatic rings. The predicted molar refractivity (Wildman–Crippen MR) is 58.8 cm³/mol. The Kier molecular flexibility index (Phi) is 5.59. The van der Waals surface area contributed by atoms with Crippen molar-refractivity contribution in [2.75, 3.05) is 6.61 Å². The average Bonchev–Trinajstić information content (AvgIpc) is 2.38. The Morgan fingerprint density at radius 2 is 2.05 bits per heavy atom. The first-order valence-corrected chi connectivity index (χ1v) is 5.70. The number of carbonyl (C=O) groups is 1. The Bertz CT molecular complexity index is 316. The molecule has 0 saturated carbocycles. The van der Waals surface area contributed by atoms with Crippen LogP contribution < -0.4 is 5.73 Å². The maximum absolute atomic E-state index is 13.7. The highest BCUT2D eigenvalue weighted by atomic mass is 18.2. The highest BCUT2D eigenvalue weighted by molar-refractivity contribution is 5.73. The highest BCUT2D eigenvalue weighted by Crippen LogP contribution is 2.25. The van der Waals surface area contributed by atoms with Gasteiger partial charge < -0.3 is 35.6 Å². The van der Waals surface area contributed by atoms with Crippen LogP contribution in [-0.2, 0) is 14.3 Å². The molecule has 9 heteroatoms. The van der Waals surface area contributed by atoms with E-state index in [9.17, 15) is 19.4 Å². The lowest BCUT2D eigenvalue weighted by atomic mass is 10.00. The standard InChI is InChI=1S/C10H18FNO7/c1-3(6(12)9(16)17)18-10-5(11)8(15)7(14)4(2-13)19-10/h3-8,10,13-15H,2,12H2,1H3,(H,16,17)/t3-,4?,5?,6+,7?,8?,10?/m1/s1/i11-1. The van der Waals surface area contributed by atoms with Crippen molar-refractivity contribution in [1.29, 1.82) is 0 Å². The van der Waals surface area contributed by atoms with Gasteiger partial charge in [-0.25, -0.2) is 4.39 Å². The third kappa shape index (κ3) is 3.59. The van der Waals surface area contributed by atoms with Gasteiger partial charge in [-0.1, -0.05) is 0 Å². The molecule has 0 aliphatic carbocycles. The van der Waals surface area contributed by atoms with Crippen LogP contribution in [0, 0.1) is 0 Å². The van der Waals surface area contributed by atoms with Gasteiger partial charge in [0.2, 0.25) is 0 Å². The van der Waals surface area contributed by atoms with Crippen LogP contribution in [0.3, 0.4) is 0 Å². The van der Waals surface area contributed by atoms with Crippen LogP contribution in [-0.4, -0.2) is 75.9 Å². The predicted octanol–water partition coefficient (Wildman–Crippen LogP) is -2.42. The molecule has 6 N–H and O–H groups in total. The normalized spacial score (nSPS) is 38.7. The smallest absolute Gasteiger partial charge is 0.323 e. The largest absolute Gasteiger partial charge is 0.480 e. The molecule has 0 aromatic carbocycles. The molecule has 8 nitrogen and oxygen atoms in total. The fraction of sp³-hybridized carbons (Fsp3) is 0.900. The minimum atomic E-state index is -2.08. The molecular formula is C10H18FNO7. The third-order valence-corrected chi connectivity index (χ3v) is 2.95. The summed E-state index contributed by atoms with van der Waals surface area (Å²) >= 11 is 0. The number of carboxylic acids is 1. The van der Waals surface area contributed by atoms with Crippen molar-refractivity contribution < 1.29 is 39.1 Å². The van der Waals surface area contributed by atoms with Crippen molar-refractivity contribution in [1.82, 2.24) is 0 Å². The van der Waals surface area contributed by atoms with Crippen LogP contribution in [0.5, 0.6) is 0 Å². The molecule has 1 rings (SSSR count). The van der Waals surface area contributed by atoms with E-state index < -0.39 is 55.5 Å². The Morgan fingerprint density at radius 1 is 1.47 bits per heavy atom. The van der Waals surface area contributed by atoms with Crippen LogP contribution in [0.2, 0.25) is 0 Å². The number of aliphatic hydroxyl groups is 3. The number of ether oxygens (including phenoxy) is 2. The summed E-state index contributed by atoms with van der Waals surface area (Å²) in [4.78, 5) is 10.6. The molecule has 1 aliphatic heterocycles. The minimum absolute atomic E-state index is 0.649. The van der Waals surface area contributed by atoms with Gasteiger partial charge in [0.15, 0.2) is 12.5 Å². The zero-order chi connectivity index (χ0) is 14.7. The van der Waals surface area contributed by atoms with Crippen molar-refractivity contribution in [2.24, 2.45) is 5.73 Å². The van der Waals surface area contributed by atoms with Crippen LogP contribution in [0.25, 0.3) is 0 Å². The topological polar surface area (TPSA) is 142 Å². The van der Waals surface area contributed by atoms with E-state index in [1.165, 1.54) is 6.92 Å². The lowest BCUT2D eigenvalue weighted by Crippen LogP contribution is -2.59. The molecule has 5 unspecified atom stereocenters. The lowest BCUT2D eigenvalue weighted by Gasteiger charge is -2.39. The molecule has 112 valence electrons. The summed E-state index contributed by atoms with van der Waals surface area (Å²) in [7, 11) is 0.